The summed E-state index contributed by atoms with van der Waals surface area (Å²) < 4.78 is 0. The van der Waals surface area contributed by atoms with Crippen LogP contribution in [0.15, 0.2) is 6.20 Å². The van der Waals surface area contributed by atoms with Crippen LogP contribution < -0.4 is 11.1 Å². The molecule has 1 aromatic heterocycles. The highest BCUT2D eigenvalue weighted by molar-refractivity contribution is 5.87. The van der Waals surface area contributed by atoms with Gasteiger partial charge in [-0.15, -0.1) is 5.10 Å². The summed E-state index contributed by atoms with van der Waals surface area (Å²) in [5.74, 6) is -1.14. The Morgan fingerprint density at radius 2 is 2.40 bits per heavy atom. The number of rotatable bonds is 4. The first-order valence-corrected chi connectivity index (χ1v) is 4.15. The van der Waals surface area contributed by atoms with Crippen molar-refractivity contribution in [2.75, 3.05) is 5.32 Å². The number of hydrogen-bond acceptors (Lipinski definition) is 5. The van der Waals surface area contributed by atoms with E-state index in [0.29, 0.717) is 0 Å². The minimum atomic E-state index is -1.13. The van der Waals surface area contributed by atoms with E-state index in [1.165, 1.54) is 13.1 Å². The molecule has 0 aliphatic carbocycles. The van der Waals surface area contributed by atoms with Gasteiger partial charge >= 0.3 is 5.97 Å². The summed E-state index contributed by atoms with van der Waals surface area (Å²) in [4.78, 5) is 22.2. The lowest BCUT2D eigenvalue weighted by Gasteiger charge is -2.03. The van der Waals surface area contributed by atoms with Gasteiger partial charge < -0.3 is 16.2 Å². The molecule has 0 aromatic carbocycles. The highest BCUT2D eigenvalue weighted by atomic mass is 16.4. The van der Waals surface area contributed by atoms with E-state index in [-0.39, 0.29) is 18.3 Å². The van der Waals surface area contributed by atoms with Crippen LogP contribution in [0.3, 0.4) is 0 Å². The van der Waals surface area contributed by atoms with Gasteiger partial charge in [0.05, 0.1) is 12.7 Å². The van der Waals surface area contributed by atoms with Gasteiger partial charge in [0.2, 0.25) is 5.91 Å². The molecule has 0 fully saturated rings. The predicted octanol–water partition coefficient (Wildman–Crippen LogP) is -1.35. The lowest BCUT2D eigenvalue weighted by Crippen LogP contribution is -2.35. The monoisotopic (exact) mass is 213 g/mol. The number of amides is 1. The molecule has 1 amide bonds. The summed E-state index contributed by atoms with van der Waals surface area (Å²) in [5.41, 5.74) is 5.27. The number of hydrogen-bond donors (Lipinski definition) is 3. The van der Waals surface area contributed by atoms with Crippen molar-refractivity contribution in [1.82, 2.24) is 15.0 Å². The van der Waals surface area contributed by atoms with Crippen LogP contribution in [0.25, 0.3) is 0 Å². The number of carboxylic acids is 1. The van der Waals surface area contributed by atoms with Gasteiger partial charge in [-0.05, 0) is 0 Å². The molecule has 1 rings (SSSR count). The predicted molar refractivity (Wildman–Crippen MR) is 49.9 cm³/mol. The molecule has 1 aromatic rings. The molecule has 0 aliphatic rings. The molecule has 0 radical (unpaired) electrons. The van der Waals surface area contributed by atoms with Crippen LogP contribution in [-0.4, -0.2) is 38.0 Å². The Hall–Kier alpha value is -1.96. The zero-order valence-corrected chi connectivity index (χ0v) is 8.04. The van der Waals surface area contributed by atoms with E-state index < -0.39 is 12.0 Å². The standard InChI is InChI=1S/C7H11N5O3/c1-4(13)10-6-2-9-12(11-6)3-5(8)7(14)15/h2,5H,3,8H2,1H3,(H,14,15)(H,10,11,13). The van der Waals surface area contributed by atoms with Crippen molar-refractivity contribution in [3.8, 4) is 0 Å². The SMILES string of the molecule is CC(=O)Nc1cnn(CC(N)C(=O)O)n1. The van der Waals surface area contributed by atoms with Crippen molar-refractivity contribution in [2.45, 2.75) is 19.5 Å². The van der Waals surface area contributed by atoms with Crippen molar-refractivity contribution in [3.05, 3.63) is 6.20 Å². The van der Waals surface area contributed by atoms with Crippen molar-refractivity contribution in [2.24, 2.45) is 5.73 Å². The van der Waals surface area contributed by atoms with Gasteiger partial charge in [-0.1, -0.05) is 0 Å². The molecule has 8 heteroatoms. The van der Waals surface area contributed by atoms with Gasteiger partial charge in [0.1, 0.15) is 6.04 Å². The summed E-state index contributed by atoms with van der Waals surface area (Å²) in [6.45, 7) is 1.29. The molecular weight excluding hydrogens is 202 g/mol. The van der Waals surface area contributed by atoms with E-state index in [9.17, 15) is 9.59 Å². The highest BCUT2D eigenvalue weighted by Gasteiger charge is 2.13. The second-order valence-corrected chi connectivity index (χ2v) is 2.91. The van der Waals surface area contributed by atoms with E-state index in [1.54, 1.807) is 0 Å². The molecule has 0 saturated carbocycles. The third-order valence-electron chi connectivity index (χ3n) is 1.52. The van der Waals surface area contributed by atoms with Crippen LogP contribution >= 0.6 is 0 Å². The van der Waals surface area contributed by atoms with Crippen molar-refractivity contribution in [1.29, 1.82) is 0 Å². The van der Waals surface area contributed by atoms with Crippen LogP contribution in [0.4, 0.5) is 5.82 Å². The third-order valence-corrected chi connectivity index (χ3v) is 1.52. The van der Waals surface area contributed by atoms with E-state index >= 15 is 0 Å². The van der Waals surface area contributed by atoms with Gasteiger partial charge in [0.25, 0.3) is 0 Å². The third kappa shape index (κ3) is 3.35. The molecule has 1 heterocycles. The minimum absolute atomic E-state index is 0.0467. The average Bonchev–Trinajstić information content (AvgIpc) is 2.51. The van der Waals surface area contributed by atoms with Gasteiger partial charge in [0.15, 0.2) is 5.82 Å². The second-order valence-electron chi connectivity index (χ2n) is 2.91. The molecule has 15 heavy (non-hydrogen) atoms. The smallest absolute Gasteiger partial charge is 0.322 e. The first-order valence-electron chi connectivity index (χ1n) is 4.15. The zero-order chi connectivity index (χ0) is 11.4. The van der Waals surface area contributed by atoms with E-state index in [0.717, 1.165) is 4.80 Å². The number of carbonyl (C=O) groups is 2. The van der Waals surface area contributed by atoms with Gasteiger partial charge in [-0.3, -0.25) is 9.59 Å². The Labute approximate surface area is 85.1 Å². The van der Waals surface area contributed by atoms with Gasteiger partial charge in [-0.25, -0.2) is 0 Å². The number of nitrogens with zero attached hydrogens (tertiary/aromatic N) is 3. The number of carboxylic acid groups (broad SMARTS) is 1. The summed E-state index contributed by atoms with van der Waals surface area (Å²) >= 11 is 0. The Kier molecular flexibility index (Phi) is 3.34. The fraction of sp³-hybridized carbons (Fsp3) is 0.429. The van der Waals surface area contributed by atoms with Gasteiger partial charge in [-0.2, -0.15) is 9.90 Å². The quantitative estimate of drug-likeness (QED) is 0.568. The Morgan fingerprint density at radius 3 is 2.93 bits per heavy atom. The maximum absolute atomic E-state index is 10.6. The fourth-order valence-corrected chi connectivity index (χ4v) is 0.877. The van der Waals surface area contributed by atoms with Crippen LogP contribution in [0.5, 0.6) is 0 Å². The van der Waals surface area contributed by atoms with Crippen LogP contribution in [-0.2, 0) is 16.1 Å². The normalized spacial score (nSPS) is 12.1. The maximum Gasteiger partial charge on any atom is 0.322 e. The molecule has 1 unspecified atom stereocenters. The summed E-state index contributed by atoms with van der Waals surface area (Å²) in [7, 11) is 0. The molecule has 82 valence electrons. The Balaban J connectivity index is 2.60. The average molecular weight is 213 g/mol. The number of nitrogens with two attached hydrogens (primary N) is 1. The zero-order valence-electron chi connectivity index (χ0n) is 8.04. The number of nitrogens with one attached hydrogen (secondary N) is 1. The molecule has 0 bridgehead atoms. The highest BCUT2D eigenvalue weighted by Crippen LogP contribution is 1.98. The van der Waals surface area contributed by atoms with E-state index in [4.69, 9.17) is 10.8 Å². The van der Waals surface area contributed by atoms with Gasteiger partial charge in [0, 0.05) is 6.92 Å². The Bertz CT molecular complexity index is 374. The summed E-state index contributed by atoms with van der Waals surface area (Å²) in [6.07, 6.45) is 1.32. The van der Waals surface area contributed by atoms with Crippen LogP contribution in [0.2, 0.25) is 0 Å². The molecular formula is C7H11N5O3. The first-order chi connectivity index (χ1) is 6.99. The topological polar surface area (TPSA) is 123 Å². The number of aromatic nitrogens is 3. The molecule has 8 nitrogen and oxygen atoms in total. The lowest BCUT2D eigenvalue weighted by molar-refractivity contribution is -0.139. The number of aliphatic carboxylic acids is 1. The summed E-state index contributed by atoms with van der Waals surface area (Å²) in [6, 6.07) is -1.07. The summed E-state index contributed by atoms with van der Waals surface area (Å²) in [5, 5.41) is 18.5. The molecule has 0 spiro atoms. The molecule has 4 N–H and O–H groups in total. The number of anilines is 1. The van der Waals surface area contributed by atoms with Crippen LogP contribution in [0, 0.1) is 0 Å². The molecule has 0 saturated heterocycles. The minimum Gasteiger partial charge on any atom is -0.480 e. The van der Waals surface area contributed by atoms with Crippen molar-refractivity contribution >= 4 is 17.7 Å². The number of carbonyl (C=O) groups excluding carboxylic acids is 1. The van der Waals surface area contributed by atoms with Crippen molar-refractivity contribution < 1.29 is 14.7 Å². The lowest BCUT2D eigenvalue weighted by atomic mass is 10.3. The second kappa shape index (κ2) is 4.51. The molecule has 0 aliphatic heterocycles. The molecule has 1 atom stereocenters. The Morgan fingerprint density at radius 1 is 1.73 bits per heavy atom. The van der Waals surface area contributed by atoms with E-state index in [1.807, 2.05) is 0 Å². The van der Waals surface area contributed by atoms with Crippen LogP contribution in [0.1, 0.15) is 6.92 Å². The maximum atomic E-state index is 10.6. The van der Waals surface area contributed by atoms with E-state index in [2.05, 4.69) is 15.5 Å². The first kappa shape index (κ1) is 11.1. The largest absolute Gasteiger partial charge is 0.480 e. The fourth-order valence-electron chi connectivity index (χ4n) is 0.877. The van der Waals surface area contributed by atoms with Crippen molar-refractivity contribution in [3.63, 3.8) is 0 Å².